The van der Waals surface area contributed by atoms with Gasteiger partial charge in [-0.1, -0.05) is 6.42 Å². The molecule has 0 saturated heterocycles. The molecule has 0 atom stereocenters. The van der Waals surface area contributed by atoms with E-state index in [2.05, 4.69) is 21.9 Å². The second-order valence-corrected chi connectivity index (χ2v) is 4.91. The molecule has 0 bridgehead atoms. The van der Waals surface area contributed by atoms with E-state index >= 15 is 0 Å². The molecule has 0 fully saturated rings. The van der Waals surface area contributed by atoms with Gasteiger partial charge in [-0.3, -0.25) is 0 Å². The van der Waals surface area contributed by atoms with Gasteiger partial charge in [0.2, 0.25) is 0 Å². The Morgan fingerprint density at radius 1 is 1.28 bits per heavy atom. The first-order valence-electron chi connectivity index (χ1n) is 6.27. The van der Waals surface area contributed by atoms with E-state index in [1.54, 1.807) is 0 Å². The predicted octanol–water partition coefficient (Wildman–Crippen LogP) is 2.81. The quantitative estimate of drug-likeness (QED) is 0.596. The Morgan fingerprint density at radius 3 is 2.89 bits per heavy atom. The van der Waals surface area contributed by atoms with Gasteiger partial charge < -0.3 is 9.47 Å². The fourth-order valence-corrected chi connectivity index (χ4v) is 2.24. The van der Waals surface area contributed by atoms with Crippen LogP contribution in [0.4, 0.5) is 5.82 Å². The third kappa shape index (κ3) is 2.75. The number of aromatic nitrogens is 3. The molecule has 2 heterocycles. The zero-order valence-corrected chi connectivity index (χ0v) is 11.7. The van der Waals surface area contributed by atoms with Crippen LogP contribution in [0.3, 0.4) is 0 Å². The molecule has 0 aliphatic carbocycles. The van der Waals surface area contributed by atoms with Gasteiger partial charge in [-0.25, -0.2) is 9.97 Å². The molecule has 5 heteroatoms. The molecule has 0 saturated carbocycles. The number of aryl methyl sites for hydroxylation is 1. The van der Waals surface area contributed by atoms with Crippen LogP contribution in [-0.2, 0) is 7.05 Å². The van der Waals surface area contributed by atoms with Crippen LogP contribution in [0.5, 0.6) is 0 Å². The molecule has 0 radical (unpaired) electrons. The van der Waals surface area contributed by atoms with Crippen LogP contribution in [0, 0.1) is 0 Å². The minimum Gasteiger partial charge on any atom is -0.358 e. The Kier molecular flexibility index (Phi) is 4.42. The maximum Gasteiger partial charge on any atom is 0.156 e. The second kappa shape index (κ2) is 6.05. The number of anilines is 1. The normalized spacial score (nSPS) is 11.1. The van der Waals surface area contributed by atoms with Gasteiger partial charge in [0, 0.05) is 32.7 Å². The van der Waals surface area contributed by atoms with E-state index < -0.39 is 0 Å². The molecule has 2 aromatic heterocycles. The fourth-order valence-electron chi connectivity index (χ4n) is 2.05. The van der Waals surface area contributed by atoms with Crippen molar-refractivity contribution in [3.8, 4) is 0 Å². The van der Waals surface area contributed by atoms with Crippen molar-refractivity contribution >= 4 is 28.5 Å². The van der Waals surface area contributed by atoms with Gasteiger partial charge in [0.25, 0.3) is 0 Å². The number of alkyl halides is 1. The summed E-state index contributed by atoms with van der Waals surface area (Å²) in [6.45, 7) is 0.986. The highest BCUT2D eigenvalue weighted by molar-refractivity contribution is 6.17. The van der Waals surface area contributed by atoms with Gasteiger partial charge in [-0.15, -0.1) is 11.6 Å². The number of pyridine rings is 1. The zero-order valence-electron chi connectivity index (χ0n) is 10.9. The van der Waals surface area contributed by atoms with Gasteiger partial charge in [-0.2, -0.15) is 0 Å². The largest absolute Gasteiger partial charge is 0.358 e. The second-order valence-electron chi connectivity index (χ2n) is 4.53. The maximum absolute atomic E-state index is 5.68. The molecule has 2 rings (SSSR count). The molecule has 0 aromatic carbocycles. The summed E-state index contributed by atoms with van der Waals surface area (Å²) < 4.78 is 2.02. The van der Waals surface area contributed by atoms with Crippen LogP contribution >= 0.6 is 11.6 Å². The summed E-state index contributed by atoms with van der Waals surface area (Å²) in [6.07, 6.45) is 7.04. The molecule has 0 aliphatic rings. The average molecular weight is 267 g/mol. The molecular weight excluding hydrogens is 248 g/mol. The Morgan fingerprint density at radius 2 is 2.11 bits per heavy atom. The van der Waals surface area contributed by atoms with Crippen molar-refractivity contribution in [1.29, 1.82) is 0 Å². The standard InChI is InChI=1S/C13H19ClN4/c1-17(9-5-3-4-7-14)13-12-11(6-8-15-13)18(2)10-16-12/h6,8,10H,3-5,7,9H2,1-2H3. The van der Waals surface area contributed by atoms with E-state index in [1.165, 1.54) is 0 Å². The summed E-state index contributed by atoms with van der Waals surface area (Å²) in [6, 6.07) is 1.99. The molecule has 98 valence electrons. The summed E-state index contributed by atoms with van der Waals surface area (Å²) in [5.41, 5.74) is 2.09. The number of halogens is 1. The summed E-state index contributed by atoms with van der Waals surface area (Å²) in [5.74, 6) is 1.71. The predicted molar refractivity (Wildman–Crippen MR) is 76.4 cm³/mol. The van der Waals surface area contributed by atoms with Crippen LogP contribution < -0.4 is 4.90 Å². The molecule has 0 unspecified atom stereocenters. The zero-order chi connectivity index (χ0) is 13.0. The summed E-state index contributed by atoms with van der Waals surface area (Å²) in [7, 11) is 4.07. The topological polar surface area (TPSA) is 34.0 Å². The maximum atomic E-state index is 5.68. The highest BCUT2D eigenvalue weighted by atomic mass is 35.5. The Hall–Kier alpha value is -1.29. The first kappa shape index (κ1) is 13.1. The molecule has 18 heavy (non-hydrogen) atoms. The number of imidazole rings is 1. The average Bonchev–Trinajstić information content (AvgIpc) is 2.76. The SMILES string of the molecule is CN(CCCCCCl)c1nccc2c1ncn2C. The molecule has 0 spiro atoms. The lowest BCUT2D eigenvalue weighted by Crippen LogP contribution is -2.20. The Balaban J connectivity index is 2.10. The van der Waals surface area contributed by atoms with E-state index in [9.17, 15) is 0 Å². The summed E-state index contributed by atoms with van der Waals surface area (Å²) in [4.78, 5) is 11.0. The molecule has 0 aliphatic heterocycles. The lowest BCUT2D eigenvalue weighted by Gasteiger charge is -2.18. The highest BCUT2D eigenvalue weighted by Crippen LogP contribution is 2.21. The van der Waals surface area contributed by atoms with Crippen molar-refractivity contribution in [3.63, 3.8) is 0 Å². The number of unbranched alkanes of at least 4 members (excludes halogenated alkanes) is 2. The Bertz CT molecular complexity index is 509. The van der Waals surface area contributed by atoms with Crippen molar-refractivity contribution < 1.29 is 0 Å². The van der Waals surface area contributed by atoms with Crippen LogP contribution in [-0.4, -0.2) is 34.0 Å². The Labute approximate surface area is 113 Å². The third-order valence-electron chi connectivity index (χ3n) is 3.11. The van der Waals surface area contributed by atoms with Crippen LogP contribution in [0.15, 0.2) is 18.6 Å². The van der Waals surface area contributed by atoms with E-state index in [0.29, 0.717) is 0 Å². The smallest absolute Gasteiger partial charge is 0.156 e. The van der Waals surface area contributed by atoms with Crippen LogP contribution in [0.1, 0.15) is 19.3 Å². The molecular formula is C13H19ClN4. The minimum atomic E-state index is 0.748. The van der Waals surface area contributed by atoms with Crippen LogP contribution in [0.2, 0.25) is 0 Å². The lowest BCUT2D eigenvalue weighted by atomic mass is 10.2. The first-order valence-corrected chi connectivity index (χ1v) is 6.80. The van der Waals surface area contributed by atoms with Crippen LogP contribution in [0.25, 0.3) is 11.0 Å². The van der Waals surface area contributed by atoms with Crippen molar-refractivity contribution in [1.82, 2.24) is 14.5 Å². The summed E-state index contributed by atoms with van der Waals surface area (Å²) in [5, 5.41) is 0. The molecule has 4 nitrogen and oxygen atoms in total. The lowest BCUT2D eigenvalue weighted by molar-refractivity contribution is 0.705. The van der Waals surface area contributed by atoms with E-state index in [-0.39, 0.29) is 0 Å². The van der Waals surface area contributed by atoms with Gasteiger partial charge in [0.05, 0.1) is 11.8 Å². The van der Waals surface area contributed by atoms with Gasteiger partial charge in [0.1, 0.15) is 5.52 Å². The van der Waals surface area contributed by atoms with E-state index in [1.807, 2.05) is 30.2 Å². The van der Waals surface area contributed by atoms with E-state index in [4.69, 9.17) is 11.6 Å². The summed E-state index contributed by atoms with van der Waals surface area (Å²) >= 11 is 5.68. The number of rotatable bonds is 6. The molecule has 0 N–H and O–H groups in total. The first-order chi connectivity index (χ1) is 8.74. The number of fused-ring (bicyclic) bond motifs is 1. The van der Waals surface area contributed by atoms with E-state index in [0.717, 1.165) is 48.5 Å². The fraction of sp³-hybridized carbons (Fsp3) is 0.538. The van der Waals surface area contributed by atoms with Crippen molar-refractivity contribution in [2.24, 2.45) is 7.05 Å². The number of hydrogen-bond acceptors (Lipinski definition) is 3. The van der Waals surface area contributed by atoms with Crippen molar-refractivity contribution in [2.45, 2.75) is 19.3 Å². The number of nitrogens with zero attached hydrogens (tertiary/aromatic N) is 4. The third-order valence-corrected chi connectivity index (χ3v) is 3.38. The molecule has 0 amide bonds. The van der Waals surface area contributed by atoms with Gasteiger partial charge >= 0.3 is 0 Å². The van der Waals surface area contributed by atoms with Crippen molar-refractivity contribution in [3.05, 3.63) is 18.6 Å². The van der Waals surface area contributed by atoms with Gasteiger partial charge in [-0.05, 0) is 18.9 Å². The number of hydrogen-bond donors (Lipinski definition) is 0. The van der Waals surface area contributed by atoms with Gasteiger partial charge in [0.15, 0.2) is 5.82 Å². The highest BCUT2D eigenvalue weighted by Gasteiger charge is 2.10. The monoisotopic (exact) mass is 266 g/mol. The van der Waals surface area contributed by atoms with Crippen molar-refractivity contribution in [2.75, 3.05) is 24.4 Å². The minimum absolute atomic E-state index is 0.748. The molecule has 2 aromatic rings.